The molecule has 3 heteroatoms. The molecule has 1 aromatic carbocycles. The van der Waals surface area contributed by atoms with Crippen LogP contribution in [0.5, 0.6) is 0 Å². The molecule has 3 fully saturated rings. The van der Waals surface area contributed by atoms with Crippen molar-refractivity contribution in [1.82, 2.24) is 4.98 Å². The molecule has 2 aromatic rings. The number of hydrogen-bond acceptors (Lipinski definition) is 1. The zero-order valence-corrected chi connectivity index (χ0v) is 13.9. The molecule has 1 aromatic heterocycles. The summed E-state index contributed by atoms with van der Waals surface area (Å²) in [5.41, 5.74) is 5.84. The molecular formula is C20H25N2O+. The lowest BCUT2D eigenvalue weighted by Gasteiger charge is -2.62. The summed E-state index contributed by atoms with van der Waals surface area (Å²) < 4.78 is 1.08. The van der Waals surface area contributed by atoms with Gasteiger partial charge in [-0.15, -0.1) is 0 Å². The standard InChI is InChI=1S/C20H25N2O/c1-3-12-10-22(2)18-9-15-13-6-4-5-7-17(13)21-20(15)19(22)8-14(12)16(18)11-23/h3-7,14,16,18-19,21,23H,8-11H2,1-2H3/q+1/b12-3+/t14-,16?,18+,19+,22?/m1/s1. The molecule has 3 nitrogen and oxygen atoms in total. The van der Waals surface area contributed by atoms with Crippen LogP contribution in [0, 0.1) is 11.8 Å². The number of hydrogen-bond donors (Lipinski definition) is 2. The van der Waals surface area contributed by atoms with E-state index < -0.39 is 0 Å². The average Bonchev–Trinajstić information content (AvgIpc) is 2.92. The molecule has 3 saturated heterocycles. The smallest absolute Gasteiger partial charge is 0.131 e. The maximum absolute atomic E-state index is 10.1. The van der Waals surface area contributed by atoms with Crippen molar-refractivity contribution in [2.45, 2.75) is 31.8 Å². The molecule has 120 valence electrons. The van der Waals surface area contributed by atoms with E-state index in [1.165, 1.54) is 28.6 Å². The molecule has 0 spiro atoms. The Morgan fingerprint density at radius 1 is 1.35 bits per heavy atom. The van der Waals surface area contributed by atoms with Crippen molar-refractivity contribution in [3.63, 3.8) is 0 Å². The first-order valence-electron chi connectivity index (χ1n) is 8.87. The van der Waals surface area contributed by atoms with E-state index in [2.05, 4.69) is 49.3 Å². The number of nitrogens with one attached hydrogen (secondary N) is 1. The van der Waals surface area contributed by atoms with E-state index in [1.54, 1.807) is 5.57 Å². The van der Waals surface area contributed by atoms with Crippen molar-refractivity contribution in [2.24, 2.45) is 11.8 Å². The van der Waals surface area contributed by atoms with Crippen LogP contribution in [0.2, 0.25) is 0 Å². The summed E-state index contributed by atoms with van der Waals surface area (Å²) >= 11 is 0. The summed E-state index contributed by atoms with van der Waals surface area (Å²) in [6.45, 7) is 3.65. The van der Waals surface area contributed by atoms with E-state index >= 15 is 0 Å². The second-order valence-electron chi connectivity index (χ2n) is 7.91. The van der Waals surface area contributed by atoms with Crippen LogP contribution in [-0.2, 0) is 6.42 Å². The second-order valence-corrected chi connectivity index (χ2v) is 7.91. The van der Waals surface area contributed by atoms with Crippen LogP contribution in [0.15, 0.2) is 35.9 Å². The molecular weight excluding hydrogens is 284 g/mol. The van der Waals surface area contributed by atoms with Crippen LogP contribution < -0.4 is 0 Å². The third-order valence-electron chi connectivity index (χ3n) is 7.13. The predicted octanol–water partition coefficient (Wildman–Crippen LogP) is 3.17. The number of quaternary nitrogens is 1. The third-order valence-corrected chi connectivity index (χ3v) is 7.13. The highest BCUT2D eigenvalue weighted by Gasteiger charge is 2.61. The molecule has 2 unspecified atom stereocenters. The zero-order valence-electron chi connectivity index (χ0n) is 13.9. The number of aromatic nitrogens is 1. The van der Waals surface area contributed by atoms with Crippen LogP contribution in [0.3, 0.4) is 0 Å². The summed E-state index contributed by atoms with van der Waals surface area (Å²) in [6, 6.07) is 9.84. The van der Waals surface area contributed by atoms with Crippen LogP contribution in [0.25, 0.3) is 10.9 Å². The minimum absolute atomic E-state index is 0.324. The van der Waals surface area contributed by atoms with Gasteiger partial charge in [0.1, 0.15) is 12.6 Å². The number of allylic oxidation sites excluding steroid dienone is 1. The monoisotopic (exact) mass is 309 g/mol. The van der Waals surface area contributed by atoms with E-state index in [0.717, 1.165) is 17.4 Å². The first-order valence-corrected chi connectivity index (χ1v) is 8.87. The molecule has 2 N–H and O–H groups in total. The molecule has 0 aliphatic carbocycles. The minimum atomic E-state index is 0.324. The van der Waals surface area contributed by atoms with Gasteiger partial charge in [-0.3, -0.25) is 0 Å². The number of benzene rings is 1. The van der Waals surface area contributed by atoms with Gasteiger partial charge in [0.2, 0.25) is 0 Å². The molecule has 6 rings (SSSR count). The molecule has 5 atom stereocenters. The Hall–Kier alpha value is -1.58. The number of aliphatic hydroxyl groups excluding tert-OH is 1. The quantitative estimate of drug-likeness (QED) is 0.616. The number of aliphatic hydroxyl groups is 1. The lowest BCUT2D eigenvalue weighted by atomic mass is 9.62. The van der Waals surface area contributed by atoms with Crippen molar-refractivity contribution < 1.29 is 9.59 Å². The van der Waals surface area contributed by atoms with Gasteiger partial charge in [-0.1, -0.05) is 24.3 Å². The lowest BCUT2D eigenvalue weighted by Crippen LogP contribution is -2.70. The Morgan fingerprint density at radius 3 is 2.96 bits per heavy atom. The van der Waals surface area contributed by atoms with E-state index in [9.17, 15) is 5.11 Å². The van der Waals surface area contributed by atoms with Gasteiger partial charge in [-0.05, 0) is 24.1 Å². The van der Waals surface area contributed by atoms with Gasteiger partial charge in [0.05, 0.1) is 25.4 Å². The van der Waals surface area contributed by atoms with Crippen LogP contribution in [0.4, 0.5) is 0 Å². The average molecular weight is 309 g/mol. The Morgan fingerprint density at radius 2 is 2.17 bits per heavy atom. The number of nitrogens with zero attached hydrogens (tertiary/aromatic N) is 1. The van der Waals surface area contributed by atoms with Gasteiger partial charge in [0.15, 0.2) is 0 Å². The molecule has 0 radical (unpaired) electrons. The van der Waals surface area contributed by atoms with Crippen LogP contribution in [-0.4, -0.2) is 40.8 Å². The third kappa shape index (κ3) is 1.57. The number of fused-ring (bicyclic) bond motifs is 4. The van der Waals surface area contributed by atoms with Crippen molar-refractivity contribution in [3.8, 4) is 0 Å². The second kappa shape index (κ2) is 4.49. The van der Waals surface area contributed by atoms with Gasteiger partial charge in [0, 0.05) is 35.6 Å². The Bertz CT molecular complexity index is 820. The number of aromatic amines is 1. The largest absolute Gasteiger partial charge is 0.396 e. The van der Waals surface area contributed by atoms with Gasteiger partial charge >= 0.3 is 0 Å². The number of rotatable bonds is 1. The fourth-order valence-electron chi connectivity index (χ4n) is 6.02. The first kappa shape index (κ1) is 13.8. The van der Waals surface area contributed by atoms with Gasteiger partial charge in [-0.2, -0.15) is 0 Å². The van der Waals surface area contributed by atoms with E-state index in [4.69, 9.17) is 0 Å². The Balaban J connectivity index is 1.73. The number of H-pyrrole nitrogens is 1. The highest BCUT2D eigenvalue weighted by atomic mass is 16.3. The normalized spacial score (nSPS) is 39.9. The topological polar surface area (TPSA) is 36.0 Å². The first-order chi connectivity index (χ1) is 11.2. The molecule has 4 aliphatic heterocycles. The molecule has 23 heavy (non-hydrogen) atoms. The van der Waals surface area contributed by atoms with Crippen LogP contribution in [0.1, 0.15) is 30.6 Å². The fourth-order valence-corrected chi connectivity index (χ4v) is 6.02. The van der Waals surface area contributed by atoms with Crippen molar-refractivity contribution in [3.05, 3.63) is 47.2 Å². The summed E-state index contributed by atoms with van der Waals surface area (Å²) in [5.74, 6) is 0.984. The molecule has 4 bridgehead atoms. The SMILES string of the molecule is C/C=C1\C[N+]2(C)[C@H]3C[C@H]1C(CO)[C@@H]2Cc1c3[nH]c2ccccc12. The van der Waals surface area contributed by atoms with Gasteiger partial charge < -0.3 is 14.6 Å². The maximum atomic E-state index is 10.1. The summed E-state index contributed by atoms with van der Waals surface area (Å²) in [5, 5.41) is 11.5. The van der Waals surface area contributed by atoms with Crippen molar-refractivity contribution in [2.75, 3.05) is 20.2 Å². The highest BCUT2D eigenvalue weighted by Crippen LogP contribution is 2.57. The summed E-state index contributed by atoms with van der Waals surface area (Å²) in [6.07, 6.45) is 4.59. The fraction of sp³-hybridized carbons (Fsp3) is 0.500. The van der Waals surface area contributed by atoms with Crippen molar-refractivity contribution in [1.29, 1.82) is 0 Å². The predicted molar refractivity (Wildman–Crippen MR) is 92.0 cm³/mol. The lowest BCUT2D eigenvalue weighted by molar-refractivity contribution is -0.978. The van der Waals surface area contributed by atoms with Crippen LogP contribution >= 0.6 is 0 Å². The van der Waals surface area contributed by atoms with E-state index in [0.29, 0.717) is 30.5 Å². The Kier molecular flexibility index (Phi) is 2.70. The zero-order chi connectivity index (χ0) is 15.8. The minimum Gasteiger partial charge on any atom is -0.396 e. The Labute approximate surface area is 137 Å². The highest BCUT2D eigenvalue weighted by molar-refractivity contribution is 5.85. The van der Waals surface area contributed by atoms with E-state index in [-0.39, 0.29) is 0 Å². The van der Waals surface area contributed by atoms with Gasteiger partial charge in [0.25, 0.3) is 0 Å². The number of piperidine rings is 3. The number of likely N-dealkylation sites (N-methyl/N-ethyl adjacent to an activating group) is 1. The van der Waals surface area contributed by atoms with E-state index in [1.807, 2.05) is 0 Å². The molecule has 0 saturated carbocycles. The molecule has 5 heterocycles. The number of para-hydroxylation sites is 1. The summed E-state index contributed by atoms with van der Waals surface area (Å²) in [7, 11) is 2.42. The molecule has 0 amide bonds. The molecule has 4 aliphatic rings. The van der Waals surface area contributed by atoms with Gasteiger partial charge in [-0.25, -0.2) is 0 Å². The van der Waals surface area contributed by atoms with Crippen molar-refractivity contribution >= 4 is 10.9 Å². The summed E-state index contributed by atoms with van der Waals surface area (Å²) in [4.78, 5) is 3.75. The maximum Gasteiger partial charge on any atom is 0.131 e.